The summed E-state index contributed by atoms with van der Waals surface area (Å²) in [5.74, 6) is -1.49. The molecule has 1 aromatic rings. The molecule has 9 heteroatoms. The first kappa shape index (κ1) is 11.1. The predicted octanol–water partition coefficient (Wildman–Crippen LogP) is 1.29. The number of phenols is 2. The SMILES string of the molecule is [N-]=[N+]=Nc1c(O)ccc(O)c1S(=O)(=O)O. The van der Waals surface area contributed by atoms with E-state index in [1.807, 2.05) is 0 Å². The first-order valence-electron chi connectivity index (χ1n) is 3.45. The Morgan fingerprint density at radius 2 is 1.80 bits per heavy atom. The number of azide groups is 1. The van der Waals surface area contributed by atoms with Crippen molar-refractivity contribution in [3.05, 3.63) is 22.6 Å². The molecule has 15 heavy (non-hydrogen) atoms. The molecule has 0 aliphatic rings. The van der Waals surface area contributed by atoms with Crippen LogP contribution in [0, 0.1) is 0 Å². The fraction of sp³-hybridized carbons (Fsp3) is 0. The first-order valence-corrected chi connectivity index (χ1v) is 4.89. The van der Waals surface area contributed by atoms with Crippen LogP contribution in [0.5, 0.6) is 11.5 Å². The second-order valence-corrected chi connectivity index (χ2v) is 3.80. The summed E-state index contributed by atoms with van der Waals surface area (Å²) in [4.78, 5) is 1.23. The van der Waals surface area contributed by atoms with Crippen molar-refractivity contribution in [2.24, 2.45) is 5.11 Å². The third-order valence-electron chi connectivity index (χ3n) is 1.49. The Morgan fingerprint density at radius 3 is 2.27 bits per heavy atom. The van der Waals surface area contributed by atoms with Gasteiger partial charge in [-0.3, -0.25) is 4.55 Å². The molecule has 0 saturated heterocycles. The van der Waals surface area contributed by atoms with Crippen molar-refractivity contribution >= 4 is 15.8 Å². The predicted molar refractivity (Wildman–Crippen MR) is 48.4 cm³/mol. The number of hydrogen-bond donors (Lipinski definition) is 3. The van der Waals surface area contributed by atoms with Gasteiger partial charge < -0.3 is 10.2 Å². The van der Waals surface area contributed by atoms with Crippen molar-refractivity contribution < 1.29 is 23.2 Å². The summed E-state index contributed by atoms with van der Waals surface area (Å²) >= 11 is 0. The van der Waals surface area contributed by atoms with Crippen molar-refractivity contribution in [1.82, 2.24) is 0 Å². The van der Waals surface area contributed by atoms with Crippen LogP contribution < -0.4 is 0 Å². The lowest BCUT2D eigenvalue weighted by Crippen LogP contribution is -1.99. The topological polar surface area (TPSA) is 144 Å². The van der Waals surface area contributed by atoms with Crippen LogP contribution >= 0.6 is 0 Å². The van der Waals surface area contributed by atoms with E-state index in [2.05, 4.69) is 10.0 Å². The highest BCUT2D eigenvalue weighted by Gasteiger charge is 2.22. The molecule has 1 rings (SSSR count). The number of aromatic hydroxyl groups is 2. The summed E-state index contributed by atoms with van der Waals surface area (Å²) in [6, 6.07) is 1.77. The lowest BCUT2D eigenvalue weighted by molar-refractivity contribution is 0.434. The molecule has 3 N–H and O–H groups in total. The van der Waals surface area contributed by atoms with Gasteiger partial charge in [0.1, 0.15) is 22.1 Å². The smallest absolute Gasteiger partial charge is 0.298 e. The van der Waals surface area contributed by atoms with Gasteiger partial charge in [-0.1, -0.05) is 5.11 Å². The van der Waals surface area contributed by atoms with Crippen LogP contribution in [-0.4, -0.2) is 23.2 Å². The Kier molecular flexibility index (Phi) is 2.71. The van der Waals surface area contributed by atoms with E-state index in [1.165, 1.54) is 0 Å². The molecule has 0 bridgehead atoms. The minimum Gasteiger partial charge on any atom is -0.507 e. The molecule has 1 aromatic carbocycles. The molecule has 0 fully saturated rings. The second-order valence-electron chi connectivity index (χ2n) is 2.45. The van der Waals surface area contributed by atoms with Crippen molar-refractivity contribution in [1.29, 1.82) is 0 Å². The quantitative estimate of drug-likeness (QED) is 0.231. The molecule has 0 unspecified atom stereocenters. The molecule has 0 saturated carbocycles. The van der Waals surface area contributed by atoms with Gasteiger partial charge in [-0.05, 0) is 17.7 Å². The summed E-state index contributed by atoms with van der Waals surface area (Å²) in [5, 5.41) is 21.2. The van der Waals surface area contributed by atoms with Crippen molar-refractivity contribution in [3.8, 4) is 11.5 Å². The van der Waals surface area contributed by atoms with E-state index in [4.69, 9.17) is 20.3 Å². The first-order chi connectivity index (χ1) is 6.88. The van der Waals surface area contributed by atoms with Gasteiger partial charge in [0.05, 0.1) is 0 Å². The monoisotopic (exact) mass is 231 g/mol. The maximum Gasteiger partial charge on any atom is 0.298 e. The highest BCUT2D eigenvalue weighted by atomic mass is 32.2. The van der Waals surface area contributed by atoms with Gasteiger partial charge in [0.2, 0.25) is 0 Å². The Hall–Kier alpha value is -1.96. The van der Waals surface area contributed by atoms with Crippen LogP contribution in [0.1, 0.15) is 0 Å². The van der Waals surface area contributed by atoms with Crippen LogP contribution in [0.2, 0.25) is 0 Å². The highest BCUT2D eigenvalue weighted by molar-refractivity contribution is 7.86. The summed E-state index contributed by atoms with van der Waals surface area (Å²) in [7, 11) is -4.78. The van der Waals surface area contributed by atoms with Gasteiger partial charge in [-0.2, -0.15) is 8.42 Å². The Balaban J connectivity index is 3.75. The summed E-state index contributed by atoms with van der Waals surface area (Å²) in [5.41, 5.74) is 7.36. The number of benzene rings is 1. The number of rotatable bonds is 2. The zero-order chi connectivity index (χ0) is 11.6. The third kappa shape index (κ3) is 2.10. The largest absolute Gasteiger partial charge is 0.507 e. The van der Waals surface area contributed by atoms with E-state index >= 15 is 0 Å². The normalized spacial score (nSPS) is 10.7. The van der Waals surface area contributed by atoms with Crippen LogP contribution in [-0.2, 0) is 10.1 Å². The molecule has 0 aliphatic carbocycles. The van der Waals surface area contributed by atoms with Crippen molar-refractivity contribution in [2.75, 3.05) is 0 Å². The molecule has 80 valence electrons. The fourth-order valence-electron chi connectivity index (χ4n) is 0.946. The van der Waals surface area contributed by atoms with Crippen LogP contribution in [0.25, 0.3) is 10.4 Å². The molecule has 0 radical (unpaired) electrons. The molecule has 0 atom stereocenters. The highest BCUT2D eigenvalue weighted by Crippen LogP contribution is 2.39. The van der Waals surface area contributed by atoms with Gasteiger partial charge in [-0.15, -0.1) is 0 Å². The van der Waals surface area contributed by atoms with Gasteiger partial charge in [0.25, 0.3) is 10.1 Å². The van der Waals surface area contributed by atoms with Gasteiger partial charge in [0.15, 0.2) is 0 Å². The molecule has 0 aromatic heterocycles. The van der Waals surface area contributed by atoms with E-state index in [-0.39, 0.29) is 0 Å². The average molecular weight is 231 g/mol. The van der Waals surface area contributed by atoms with E-state index < -0.39 is 32.2 Å². The van der Waals surface area contributed by atoms with Crippen molar-refractivity contribution in [3.63, 3.8) is 0 Å². The maximum atomic E-state index is 10.8. The molecule has 0 spiro atoms. The Morgan fingerprint density at radius 1 is 1.27 bits per heavy atom. The lowest BCUT2D eigenvalue weighted by Gasteiger charge is -2.05. The molecule has 0 aliphatic heterocycles. The third-order valence-corrected chi connectivity index (χ3v) is 2.41. The fourth-order valence-corrected chi connectivity index (χ4v) is 1.67. The summed E-state index contributed by atoms with van der Waals surface area (Å²) in [6.07, 6.45) is 0. The van der Waals surface area contributed by atoms with E-state index in [0.29, 0.717) is 0 Å². The van der Waals surface area contributed by atoms with Crippen LogP contribution in [0.4, 0.5) is 5.69 Å². The minimum absolute atomic E-state index is 0.668. The zero-order valence-electron chi connectivity index (χ0n) is 7.06. The van der Waals surface area contributed by atoms with E-state index in [9.17, 15) is 8.42 Å². The minimum atomic E-state index is -4.78. The van der Waals surface area contributed by atoms with Gasteiger partial charge >= 0.3 is 0 Å². The Labute approximate surface area is 83.8 Å². The van der Waals surface area contributed by atoms with Gasteiger partial charge in [0, 0.05) is 4.91 Å². The standard InChI is InChI=1S/C6H5N3O5S/c7-9-8-5-3(10)1-2-4(11)6(5)15(12,13)14/h1-2,10-11H,(H,12,13,14). The lowest BCUT2D eigenvalue weighted by atomic mass is 10.3. The maximum absolute atomic E-state index is 10.8. The second kappa shape index (κ2) is 3.65. The van der Waals surface area contributed by atoms with Gasteiger partial charge in [-0.25, -0.2) is 0 Å². The molecular weight excluding hydrogens is 226 g/mol. The van der Waals surface area contributed by atoms with E-state index in [0.717, 1.165) is 12.1 Å². The molecule has 8 nitrogen and oxygen atoms in total. The molecule has 0 amide bonds. The summed E-state index contributed by atoms with van der Waals surface area (Å²) < 4.78 is 30.3. The Bertz CT molecular complexity index is 546. The van der Waals surface area contributed by atoms with E-state index in [1.54, 1.807) is 0 Å². The number of nitrogens with zero attached hydrogens (tertiary/aromatic N) is 3. The number of hydrogen-bond acceptors (Lipinski definition) is 5. The van der Waals surface area contributed by atoms with Crippen molar-refractivity contribution in [2.45, 2.75) is 4.90 Å². The molecular formula is C6H5N3O5S. The number of phenolic OH excluding ortho intramolecular Hbond substituents is 2. The zero-order valence-corrected chi connectivity index (χ0v) is 7.88. The summed E-state index contributed by atoms with van der Waals surface area (Å²) in [6.45, 7) is 0. The average Bonchev–Trinajstić information content (AvgIpc) is 2.09. The molecule has 0 heterocycles. The van der Waals surface area contributed by atoms with Crippen LogP contribution in [0.3, 0.4) is 0 Å². The van der Waals surface area contributed by atoms with Crippen LogP contribution in [0.15, 0.2) is 22.1 Å².